The molecule has 1 atom stereocenters. The molecule has 26 heavy (non-hydrogen) atoms. The van der Waals surface area contributed by atoms with Crippen LogP contribution in [0.5, 0.6) is 0 Å². The third kappa shape index (κ3) is 2.90. The fraction of sp³-hybridized carbons (Fsp3) is 0.316. The lowest BCUT2D eigenvalue weighted by atomic mass is 10.0. The van der Waals surface area contributed by atoms with Crippen molar-refractivity contribution in [2.45, 2.75) is 32.9 Å². The number of imidazole rings is 1. The first-order chi connectivity index (χ1) is 12.5. The van der Waals surface area contributed by atoms with Crippen LogP contribution in [0.25, 0.3) is 5.69 Å². The van der Waals surface area contributed by atoms with Crippen LogP contribution in [0, 0.1) is 13.8 Å². The largest absolute Gasteiger partial charge is 0.480 e. The number of aryl methyl sites for hydroxylation is 2. The molecule has 0 saturated carbocycles. The number of benzene rings is 1. The Bertz CT molecular complexity index is 959. The summed E-state index contributed by atoms with van der Waals surface area (Å²) in [4.78, 5) is 21.1. The van der Waals surface area contributed by atoms with E-state index in [2.05, 4.69) is 21.1 Å². The molecule has 0 unspecified atom stereocenters. The van der Waals surface area contributed by atoms with Crippen LogP contribution in [0.1, 0.15) is 34.4 Å². The summed E-state index contributed by atoms with van der Waals surface area (Å²) < 4.78 is 1.91. The van der Waals surface area contributed by atoms with Gasteiger partial charge in [-0.1, -0.05) is 12.1 Å². The molecule has 134 valence electrons. The number of fused-ring (bicyclic) bond motifs is 1. The summed E-state index contributed by atoms with van der Waals surface area (Å²) in [6.45, 7) is 5.23. The number of aromatic amines is 1. The molecule has 0 bridgehead atoms. The maximum atomic E-state index is 11.8. The standard InChI is InChI=1S/C19H21N5O2/c1-12-8-13(2)24(22-12)15-5-3-4-14(9-15)10-23-7-6-16-17(21-11-20-16)18(23)19(25)26/h3-5,8-9,11,18H,6-7,10H2,1-2H3,(H,20,21)(H,25,26)/t18-/m1/s1. The maximum absolute atomic E-state index is 11.8. The number of H-pyrrole nitrogens is 1. The topological polar surface area (TPSA) is 87.0 Å². The highest BCUT2D eigenvalue weighted by atomic mass is 16.4. The van der Waals surface area contributed by atoms with Crippen LogP contribution >= 0.6 is 0 Å². The SMILES string of the molecule is Cc1cc(C)n(-c2cccc(CN3CCc4[nH]cnc4[C@@H]3C(=O)O)c2)n1. The molecule has 2 N–H and O–H groups in total. The van der Waals surface area contributed by atoms with Crippen LogP contribution in [0.15, 0.2) is 36.7 Å². The van der Waals surface area contributed by atoms with Crippen molar-refractivity contribution in [2.24, 2.45) is 0 Å². The van der Waals surface area contributed by atoms with Crippen LogP contribution in [0.3, 0.4) is 0 Å². The van der Waals surface area contributed by atoms with Gasteiger partial charge in [0, 0.05) is 30.9 Å². The molecular formula is C19H21N5O2. The van der Waals surface area contributed by atoms with Gasteiger partial charge < -0.3 is 10.1 Å². The van der Waals surface area contributed by atoms with E-state index in [1.165, 1.54) is 0 Å². The third-order valence-corrected chi connectivity index (χ3v) is 4.81. The summed E-state index contributed by atoms with van der Waals surface area (Å²) >= 11 is 0. The second-order valence-corrected chi connectivity index (χ2v) is 6.74. The van der Waals surface area contributed by atoms with Crippen molar-refractivity contribution in [3.05, 3.63) is 65.0 Å². The Morgan fingerprint density at radius 3 is 2.92 bits per heavy atom. The second kappa shape index (κ2) is 6.42. The Morgan fingerprint density at radius 2 is 2.19 bits per heavy atom. The average Bonchev–Trinajstić information content (AvgIpc) is 3.20. The zero-order valence-electron chi connectivity index (χ0n) is 14.8. The van der Waals surface area contributed by atoms with Gasteiger partial charge in [0.2, 0.25) is 0 Å². The fourth-order valence-electron chi connectivity index (χ4n) is 3.68. The van der Waals surface area contributed by atoms with Crippen LogP contribution in [-0.4, -0.2) is 42.3 Å². The lowest BCUT2D eigenvalue weighted by Crippen LogP contribution is -2.39. The number of hydrogen-bond acceptors (Lipinski definition) is 4. The van der Waals surface area contributed by atoms with Crippen molar-refractivity contribution in [3.63, 3.8) is 0 Å². The van der Waals surface area contributed by atoms with Crippen molar-refractivity contribution >= 4 is 5.97 Å². The monoisotopic (exact) mass is 351 g/mol. The van der Waals surface area contributed by atoms with E-state index in [0.717, 1.165) is 34.8 Å². The lowest BCUT2D eigenvalue weighted by Gasteiger charge is -2.32. The zero-order valence-corrected chi connectivity index (χ0v) is 14.8. The molecule has 0 amide bonds. The first-order valence-electron chi connectivity index (χ1n) is 8.64. The van der Waals surface area contributed by atoms with E-state index >= 15 is 0 Å². The number of nitrogens with one attached hydrogen (secondary N) is 1. The van der Waals surface area contributed by atoms with Gasteiger partial charge in [0.1, 0.15) is 0 Å². The maximum Gasteiger partial charge on any atom is 0.327 e. The van der Waals surface area contributed by atoms with Gasteiger partial charge in [-0.3, -0.25) is 9.69 Å². The van der Waals surface area contributed by atoms with Crippen molar-refractivity contribution < 1.29 is 9.90 Å². The number of rotatable bonds is 4. The molecule has 4 rings (SSSR count). The number of aromatic nitrogens is 4. The number of carboxylic acids is 1. The molecule has 0 fully saturated rings. The summed E-state index contributed by atoms with van der Waals surface area (Å²) in [6, 6.07) is 9.41. The van der Waals surface area contributed by atoms with Gasteiger partial charge >= 0.3 is 5.97 Å². The summed E-state index contributed by atoms with van der Waals surface area (Å²) in [7, 11) is 0. The number of aliphatic carboxylic acids is 1. The highest BCUT2D eigenvalue weighted by molar-refractivity contribution is 5.75. The summed E-state index contributed by atoms with van der Waals surface area (Å²) in [5.41, 5.74) is 5.63. The number of nitrogens with zero attached hydrogens (tertiary/aromatic N) is 4. The van der Waals surface area contributed by atoms with Crippen LogP contribution < -0.4 is 0 Å². The molecule has 3 heterocycles. The molecule has 7 nitrogen and oxygen atoms in total. The van der Waals surface area contributed by atoms with Gasteiger partial charge in [-0.05, 0) is 37.6 Å². The van der Waals surface area contributed by atoms with Crippen LogP contribution in [-0.2, 0) is 17.8 Å². The van der Waals surface area contributed by atoms with Crippen molar-refractivity contribution in [2.75, 3.05) is 6.54 Å². The van der Waals surface area contributed by atoms with Gasteiger partial charge in [0.25, 0.3) is 0 Å². The molecule has 0 aliphatic carbocycles. The van der Waals surface area contributed by atoms with Crippen molar-refractivity contribution in [3.8, 4) is 5.69 Å². The highest BCUT2D eigenvalue weighted by Crippen LogP contribution is 2.29. The molecular weight excluding hydrogens is 330 g/mol. The smallest absolute Gasteiger partial charge is 0.327 e. The van der Waals surface area contributed by atoms with E-state index in [1.807, 2.05) is 47.7 Å². The Balaban J connectivity index is 1.62. The molecule has 3 aromatic rings. The predicted octanol–water partition coefficient (Wildman–Crippen LogP) is 2.40. The Morgan fingerprint density at radius 1 is 1.35 bits per heavy atom. The molecule has 0 radical (unpaired) electrons. The summed E-state index contributed by atoms with van der Waals surface area (Å²) in [5.74, 6) is -0.868. The molecule has 1 aliphatic rings. The third-order valence-electron chi connectivity index (χ3n) is 4.81. The Labute approximate surface area is 151 Å². The van der Waals surface area contributed by atoms with Crippen molar-refractivity contribution in [1.29, 1.82) is 0 Å². The molecule has 0 spiro atoms. The fourth-order valence-corrected chi connectivity index (χ4v) is 3.68. The van der Waals surface area contributed by atoms with Gasteiger partial charge in [-0.15, -0.1) is 0 Å². The second-order valence-electron chi connectivity index (χ2n) is 6.74. The quantitative estimate of drug-likeness (QED) is 0.754. The molecule has 0 saturated heterocycles. The van der Waals surface area contributed by atoms with E-state index < -0.39 is 12.0 Å². The van der Waals surface area contributed by atoms with E-state index in [0.29, 0.717) is 18.8 Å². The summed E-state index contributed by atoms with van der Waals surface area (Å²) in [6.07, 6.45) is 2.35. The van der Waals surface area contributed by atoms with Crippen LogP contribution in [0.4, 0.5) is 0 Å². The molecule has 7 heteroatoms. The first kappa shape index (κ1) is 16.5. The summed E-state index contributed by atoms with van der Waals surface area (Å²) in [5, 5.41) is 14.2. The van der Waals surface area contributed by atoms with Gasteiger partial charge in [0.15, 0.2) is 6.04 Å². The predicted molar refractivity (Wildman–Crippen MR) is 96.1 cm³/mol. The van der Waals surface area contributed by atoms with E-state index in [9.17, 15) is 9.90 Å². The minimum atomic E-state index is -0.868. The molecule has 1 aliphatic heterocycles. The number of carbonyl (C=O) groups is 1. The minimum absolute atomic E-state index is 0.552. The van der Waals surface area contributed by atoms with Gasteiger partial charge in [0.05, 0.1) is 23.4 Å². The minimum Gasteiger partial charge on any atom is -0.480 e. The Hall–Kier alpha value is -2.93. The zero-order chi connectivity index (χ0) is 18.3. The van der Waals surface area contributed by atoms with E-state index in [4.69, 9.17) is 0 Å². The molecule has 1 aromatic carbocycles. The highest BCUT2D eigenvalue weighted by Gasteiger charge is 2.35. The average molecular weight is 351 g/mol. The Kier molecular flexibility index (Phi) is 4.08. The number of carboxylic acid groups (broad SMARTS) is 1. The lowest BCUT2D eigenvalue weighted by molar-refractivity contribution is -0.144. The normalized spacial score (nSPS) is 17.2. The number of hydrogen-bond donors (Lipinski definition) is 2. The molecule has 2 aromatic heterocycles. The van der Waals surface area contributed by atoms with E-state index in [-0.39, 0.29) is 0 Å². The van der Waals surface area contributed by atoms with Crippen LogP contribution in [0.2, 0.25) is 0 Å². The van der Waals surface area contributed by atoms with E-state index in [1.54, 1.807) is 6.33 Å². The van der Waals surface area contributed by atoms with Crippen molar-refractivity contribution in [1.82, 2.24) is 24.6 Å². The first-order valence-corrected chi connectivity index (χ1v) is 8.64. The van der Waals surface area contributed by atoms with Gasteiger partial charge in [-0.2, -0.15) is 5.10 Å². The van der Waals surface area contributed by atoms with Gasteiger partial charge in [-0.25, -0.2) is 9.67 Å².